The molecule has 0 amide bonds. The second-order valence-electron chi connectivity index (χ2n) is 3.82. The van der Waals surface area contributed by atoms with E-state index >= 15 is 0 Å². The summed E-state index contributed by atoms with van der Waals surface area (Å²) in [5.74, 6) is 0. The first kappa shape index (κ1) is 7.71. The van der Waals surface area contributed by atoms with E-state index in [2.05, 4.69) is 21.8 Å². The molecule has 2 atom stereocenters. The Labute approximate surface area is 81.7 Å². The van der Waals surface area contributed by atoms with Gasteiger partial charge < -0.3 is 5.32 Å². The first-order valence-corrected chi connectivity index (χ1v) is 5.71. The molecular formula is C10H12N2S. The monoisotopic (exact) mass is 192 g/mol. The average Bonchev–Trinajstić information content (AvgIpc) is 2.75. The van der Waals surface area contributed by atoms with Crippen molar-refractivity contribution in [3.8, 4) is 0 Å². The summed E-state index contributed by atoms with van der Waals surface area (Å²) < 4.78 is 0. The minimum absolute atomic E-state index is 0.621. The lowest BCUT2D eigenvalue weighted by Crippen LogP contribution is -2.31. The van der Waals surface area contributed by atoms with E-state index in [4.69, 9.17) is 0 Å². The molecule has 3 heterocycles. The molecule has 2 unspecified atom stereocenters. The van der Waals surface area contributed by atoms with Crippen LogP contribution >= 0.6 is 11.3 Å². The van der Waals surface area contributed by atoms with Gasteiger partial charge >= 0.3 is 0 Å². The minimum Gasteiger partial charge on any atom is -0.307 e. The molecule has 3 heteroatoms. The largest absolute Gasteiger partial charge is 0.307 e. The zero-order valence-corrected chi connectivity index (χ0v) is 8.18. The maximum Gasteiger partial charge on any atom is 0.0798 e. The van der Waals surface area contributed by atoms with Crippen LogP contribution in [0.3, 0.4) is 0 Å². The van der Waals surface area contributed by atoms with Gasteiger partial charge in [-0.3, -0.25) is 0 Å². The first-order valence-electron chi connectivity index (χ1n) is 4.77. The van der Waals surface area contributed by atoms with Crippen LogP contribution in [0.15, 0.2) is 17.0 Å². The third-order valence-corrected chi connectivity index (χ3v) is 3.49. The van der Waals surface area contributed by atoms with Crippen molar-refractivity contribution in [3.63, 3.8) is 0 Å². The number of hydrogen-bond donors (Lipinski definition) is 1. The van der Waals surface area contributed by atoms with E-state index in [1.165, 1.54) is 30.5 Å². The maximum atomic E-state index is 4.36. The van der Waals surface area contributed by atoms with Crippen molar-refractivity contribution in [3.05, 3.63) is 22.7 Å². The average molecular weight is 192 g/mol. The summed E-state index contributed by atoms with van der Waals surface area (Å²) in [5.41, 5.74) is 4.57. The maximum absolute atomic E-state index is 4.36. The second-order valence-corrected chi connectivity index (χ2v) is 4.54. The Morgan fingerprint density at radius 1 is 1.46 bits per heavy atom. The molecule has 0 aromatic carbocycles. The molecule has 13 heavy (non-hydrogen) atoms. The molecule has 1 aromatic heterocycles. The molecular weight excluding hydrogens is 180 g/mol. The fourth-order valence-corrected chi connectivity index (χ4v) is 2.86. The first-order chi connectivity index (χ1) is 6.42. The number of aromatic nitrogens is 1. The van der Waals surface area contributed by atoms with E-state index in [0.29, 0.717) is 12.1 Å². The number of rotatable bonds is 1. The highest BCUT2D eigenvalue weighted by molar-refractivity contribution is 7.07. The third kappa shape index (κ3) is 1.32. The molecule has 0 aliphatic carbocycles. The van der Waals surface area contributed by atoms with Crippen LogP contribution in [-0.2, 0) is 0 Å². The Morgan fingerprint density at radius 3 is 3.23 bits per heavy atom. The van der Waals surface area contributed by atoms with Crippen LogP contribution in [0.1, 0.15) is 25.0 Å². The van der Waals surface area contributed by atoms with Gasteiger partial charge in [0.15, 0.2) is 0 Å². The molecule has 3 rings (SSSR count). The van der Waals surface area contributed by atoms with E-state index in [1.54, 1.807) is 11.3 Å². The zero-order chi connectivity index (χ0) is 8.67. The lowest BCUT2D eigenvalue weighted by molar-refractivity contribution is 0.574. The highest BCUT2D eigenvalue weighted by atomic mass is 32.1. The molecule has 68 valence electrons. The molecule has 2 bridgehead atoms. The van der Waals surface area contributed by atoms with Crippen molar-refractivity contribution in [2.75, 3.05) is 0 Å². The smallest absolute Gasteiger partial charge is 0.0798 e. The number of nitrogens with one attached hydrogen (secondary N) is 1. The Morgan fingerprint density at radius 2 is 2.46 bits per heavy atom. The molecule has 1 aromatic rings. The van der Waals surface area contributed by atoms with Gasteiger partial charge in [-0.05, 0) is 24.8 Å². The van der Waals surface area contributed by atoms with Gasteiger partial charge in [0.1, 0.15) is 0 Å². The quantitative estimate of drug-likeness (QED) is 0.736. The van der Waals surface area contributed by atoms with E-state index in [1.807, 2.05) is 5.51 Å². The topological polar surface area (TPSA) is 24.9 Å². The normalized spacial score (nSPS) is 31.8. The number of hydrogen-bond acceptors (Lipinski definition) is 3. The summed E-state index contributed by atoms with van der Waals surface area (Å²) in [6.45, 7) is 0. The van der Waals surface area contributed by atoms with Crippen molar-refractivity contribution < 1.29 is 0 Å². The van der Waals surface area contributed by atoms with Gasteiger partial charge in [-0.2, -0.15) is 0 Å². The van der Waals surface area contributed by atoms with Crippen molar-refractivity contribution in [1.82, 2.24) is 10.3 Å². The Kier molecular flexibility index (Phi) is 1.73. The lowest BCUT2D eigenvalue weighted by atomic mass is 10.0. The van der Waals surface area contributed by atoms with Crippen molar-refractivity contribution >= 4 is 16.9 Å². The second kappa shape index (κ2) is 2.93. The van der Waals surface area contributed by atoms with E-state index in [9.17, 15) is 0 Å². The molecule has 0 spiro atoms. The number of nitrogens with zero attached hydrogens (tertiary/aromatic N) is 1. The highest BCUT2D eigenvalue weighted by Gasteiger charge is 2.28. The van der Waals surface area contributed by atoms with Crippen LogP contribution in [0.2, 0.25) is 0 Å². The molecule has 2 aliphatic rings. The molecule has 1 N–H and O–H groups in total. The van der Waals surface area contributed by atoms with Crippen LogP contribution in [0.25, 0.3) is 5.57 Å². The van der Waals surface area contributed by atoms with Crippen LogP contribution in [0.5, 0.6) is 0 Å². The predicted molar refractivity (Wildman–Crippen MR) is 54.7 cm³/mol. The van der Waals surface area contributed by atoms with Gasteiger partial charge in [-0.15, -0.1) is 11.3 Å². The molecule has 1 fully saturated rings. The number of thiazole rings is 1. The lowest BCUT2D eigenvalue weighted by Gasteiger charge is -2.19. The van der Waals surface area contributed by atoms with Gasteiger partial charge in [0, 0.05) is 17.5 Å². The van der Waals surface area contributed by atoms with E-state index in [0.717, 1.165) is 0 Å². The standard InChI is InChI=1S/C10H12N2S/c1-2-9-4-7(3-8(1)12-9)10-5-13-6-11-10/h3,5-6,8-9,12H,1-2,4H2. The van der Waals surface area contributed by atoms with Crippen molar-refractivity contribution in [1.29, 1.82) is 0 Å². The predicted octanol–water partition coefficient (Wildman–Crippen LogP) is 2.05. The molecule has 0 radical (unpaired) electrons. The fourth-order valence-electron chi connectivity index (χ4n) is 2.28. The molecule has 2 aliphatic heterocycles. The zero-order valence-electron chi connectivity index (χ0n) is 7.36. The van der Waals surface area contributed by atoms with Crippen LogP contribution in [-0.4, -0.2) is 17.1 Å². The summed E-state index contributed by atoms with van der Waals surface area (Å²) in [7, 11) is 0. The number of fused-ring (bicyclic) bond motifs is 2. The molecule has 2 nitrogen and oxygen atoms in total. The van der Waals surface area contributed by atoms with Crippen LogP contribution in [0.4, 0.5) is 0 Å². The summed E-state index contributed by atoms with van der Waals surface area (Å²) >= 11 is 1.68. The van der Waals surface area contributed by atoms with Gasteiger partial charge in [0.05, 0.1) is 11.2 Å². The highest BCUT2D eigenvalue weighted by Crippen LogP contribution is 2.31. The Bertz CT molecular complexity index is 329. The van der Waals surface area contributed by atoms with Crippen molar-refractivity contribution in [2.24, 2.45) is 0 Å². The van der Waals surface area contributed by atoms with Gasteiger partial charge in [-0.25, -0.2) is 4.98 Å². The molecule has 1 saturated heterocycles. The summed E-state index contributed by atoms with van der Waals surface area (Å²) in [6.07, 6.45) is 6.16. The van der Waals surface area contributed by atoms with Crippen LogP contribution < -0.4 is 5.32 Å². The van der Waals surface area contributed by atoms with E-state index < -0.39 is 0 Å². The minimum atomic E-state index is 0.621. The summed E-state index contributed by atoms with van der Waals surface area (Å²) in [4.78, 5) is 4.36. The van der Waals surface area contributed by atoms with Gasteiger partial charge in [0.25, 0.3) is 0 Å². The Hall–Kier alpha value is -0.670. The van der Waals surface area contributed by atoms with E-state index in [-0.39, 0.29) is 0 Å². The van der Waals surface area contributed by atoms with Gasteiger partial charge in [0.2, 0.25) is 0 Å². The van der Waals surface area contributed by atoms with Gasteiger partial charge in [-0.1, -0.05) is 6.08 Å². The third-order valence-electron chi connectivity index (χ3n) is 2.91. The summed E-state index contributed by atoms with van der Waals surface area (Å²) in [6, 6.07) is 1.34. The fraction of sp³-hybridized carbons (Fsp3) is 0.500. The summed E-state index contributed by atoms with van der Waals surface area (Å²) in [5, 5.41) is 5.73. The van der Waals surface area contributed by atoms with Crippen LogP contribution in [0, 0.1) is 0 Å². The van der Waals surface area contributed by atoms with Crippen molar-refractivity contribution in [2.45, 2.75) is 31.3 Å². The Balaban J connectivity index is 1.93. The molecule has 0 saturated carbocycles. The SMILES string of the molecule is C1=C(c2cscn2)CC2CCC1N2.